The lowest BCUT2D eigenvalue weighted by Gasteiger charge is -2.24. The molecule has 3 heterocycles. The van der Waals surface area contributed by atoms with Gasteiger partial charge in [0.15, 0.2) is 11.5 Å². The monoisotopic (exact) mass is 285 g/mol. The maximum absolute atomic E-state index is 12.3. The summed E-state index contributed by atoms with van der Waals surface area (Å²) in [5.74, 6) is 1.24. The van der Waals surface area contributed by atoms with Crippen LogP contribution in [0, 0.1) is 0 Å². The predicted octanol–water partition coefficient (Wildman–Crippen LogP) is 1.36. The van der Waals surface area contributed by atoms with Crippen LogP contribution in [0.3, 0.4) is 0 Å². The minimum absolute atomic E-state index is 0.0775. The van der Waals surface area contributed by atoms with Crippen molar-refractivity contribution in [2.45, 2.75) is 25.4 Å². The molecule has 1 amide bonds. The highest BCUT2D eigenvalue weighted by Crippen LogP contribution is 2.32. The number of aryl methyl sites for hydroxylation is 1. The van der Waals surface area contributed by atoms with E-state index in [0.29, 0.717) is 17.1 Å². The Morgan fingerprint density at radius 3 is 3.14 bits per heavy atom. The van der Waals surface area contributed by atoms with Gasteiger partial charge in [0.1, 0.15) is 0 Å². The molecule has 0 bridgehead atoms. The highest BCUT2D eigenvalue weighted by molar-refractivity contribution is 5.95. The Hall–Kier alpha value is -2.50. The Kier molecular flexibility index (Phi) is 2.80. The number of aromatic nitrogens is 2. The molecule has 0 saturated heterocycles. The van der Waals surface area contributed by atoms with Crippen molar-refractivity contribution in [2.75, 3.05) is 6.79 Å². The normalized spacial score (nSPS) is 19.1. The second-order valence-electron chi connectivity index (χ2n) is 5.28. The number of hydrogen-bond acceptors (Lipinski definition) is 4. The molecule has 0 fully saturated rings. The summed E-state index contributed by atoms with van der Waals surface area (Å²) in [6.45, 7) is 1.06. The quantitative estimate of drug-likeness (QED) is 0.904. The van der Waals surface area contributed by atoms with E-state index in [2.05, 4.69) is 10.4 Å². The summed E-state index contributed by atoms with van der Waals surface area (Å²) in [4.78, 5) is 12.3. The maximum atomic E-state index is 12.3. The average molecular weight is 285 g/mol. The van der Waals surface area contributed by atoms with Crippen LogP contribution in [0.4, 0.5) is 0 Å². The number of fused-ring (bicyclic) bond motifs is 2. The summed E-state index contributed by atoms with van der Waals surface area (Å²) in [6, 6.07) is 7.40. The van der Waals surface area contributed by atoms with Gasteiger partial charge in [0.25, 0.3) is 5.91 Å². The van der Waals surface area contributed by atoms with Gasteiger partial charge in [0.2, 0.25) is 6.79 Å². The van der Waals surface area contributed by atoms with E-state index in [0.717, 1.165) is 25.1 Å². The molecule has 108 valence electrons. The lowest BCUT2D eigenvalue weighted by Crippen LogP contribution is -2.40. The third-order valence-electron chi connectivity index (χ3n) is 3.92. The van der Waals surface area contributed by atoms with Gasteiger partial charge in [-0.1, -0.05) is 0 Å². The molecule has 0 saturated carbocycles. The molecule has 1 aromatic carbocycles. The summed E-state index contributed by atoms with van der Waals surface area (Å²) in [5, 5.41) is 7.32. The van der Waals surface area contributed by atoms with Crippen LogP contribution in [-0.2, 0) is 13.0 Å². The van der Waals surface area contributed by atoms with Crippen LogP contribution in [-0.4, -0.2) is 28.5 Å². The fourth-order valence-electron chi connectivity index (χ4n) is 2.80. The summed E-state index contributed by atoms with van der Waals surface area (Å²) in [6.07, 6.45) is 3.51. The van der Waals surface area contributed by atoms with Crippen molar-refractivity contribution < 1.29 is 14.3 Å². The van der Waals surface area contributed by atoms with Gasteiger partial charge < -0.3 is 14.8 Å². The molecule has 1 N–H and O–H groups in total. The van der Waals surface area contributed by atoms with Gasteiger partial charge in [-0.15, -0.1) is 0 Å². The zero-order valence-corrected chi connectivity index (χ0v) is 11.4. The van der Waals surface area contributed by atoms with E-state index in [1.54, 1.807) is 24.4 Å². The van der Waals surface area contributed by atoms with Crippen molar-refractivity contribution in [2.24, 2.45) is 0 Å². The molecule has 1 aromatic heterocycles. The molecule has 0 spiro atoms. The fraction of sp³-hybridized carbons (Fsp3) is 0.333. The average Bonchev–Trinajstić information content (AvgIpc) is 3.14. The second kappa shape index (κ2) is 4.80. The number of carbonyl (C=O) groups excluding carboxylic acids is 1. The molecule has 2 aromatic rings. The number of nitrogens with zero attached hydrogens (tertiary/aromatic N) is 2. The van der Waals surface area contributed by atoms with Crippen molar-refractivity contribution in [3.8, 4) is 11.5 Å². The minimum atomic E-state index is -0.0775. The number of hydrogen-bond donors (Lipinski definition) is 1. The topological polar surface area (TPSA) is 65.4 Å². The summed E-state index contributed by atoms with van der Waals surface area (Å²) in [5.41, 5.74) is 1.76. The van der Waals surface area contributed by atoms with Gasteiger partial charge in [-0.2, -0.15) is 5.10 Å². The second-order valence-corrected chi connectivity index (χ2v) is 5.28. The van der Waals surface area contributed by atoms with E-state index in [1.165, 1.54) is 0 Å². The van der Waals surface area contributed by atoms with Gasteiger partial charge in [-0.05, 0) is 30.7 Å². The van der Waals surface area contributed by atoms with Crippen molar-refractivity contribution in [3.05, 3.63) is 41.7 Å². The Labute approximate surface area is 121 Å². The van der Waals surface area contributed by atoms with Crippen LogP contribution < -0.4 is 14.8 Å². The minimum Gasteiger partial charge on any atom is -0.454 e. The largest absolute Gasteiger partial charge is 0.454 e. The van der Waals surface area contributed by atoms with Gasteiger partial charge in [0, 0.05) is 36.5 Å². The van der Waals surface area contributed by atoms with Crippen LogP contribution >= 0.6 is 0 Å². The maximum Gasteiger partial charge on any atom is 0.251 e. The number of rotatable bonds is 2. The zero-order valence-electron chi connectivity index (χ0n) is 11.4. The first-order chi connectivity index (χ1) is 10.3. The van der Waals surface area contributed by atoms with Crippen LogP contribution in [0.15, 0.2) is 30.5 Å². The SMILES string of the molecule is O=C(N[C@H]1CCn2nccc2C1)c1ccc2c(c1)OCO2. The number of amides is 1. The van der Waals surface area contributed by atoms with E-state index >= 15 is 0 Å². The third-order valence-corrected chi connectivity index (χ3v) is 3.92. The zero-order chi connectivity index (χ0) is 14.2. The number of benzene rings is 1. The number of carbonyl (C=O) groups is 1. The summed E-state index contributed by atoms with van der Waals surface area (Å²) >= 11 is 0. The van der Waals surface area contributed by atoms with E-state index in [9.17, 15) is 4.79 Å². The van der Waals surface area contributed by atoms with Gasteiger partial charge in [0.05, 0.1) is 0 Å². The van der Waals surface area contributed by atoms with Gasteiger partial charge in [-0.3, -0.25) is 9.48 Å². The third kappa shape index (κ3) is 2.22. The molecule has 0 unspecified atom stereocenters. The number of ether oxygens (including phenoxy) is 2. The molecule has 0 aliphatic carbocycles. The van der Waals surface area contributed by atoms with Crippen LogP contribution in [0.25, 0.3) is 0 Å². The van der Waals surface area contributed by atoms with E-state index < -0.39 is 0 Å². The van der Waals surface area contributed by atoms with Gasteiger partial charge in [-0.25, -0.2) is 0 Å². The molecule has 0 radical (unpaired) electrons. The Morgan fingerprint density at radius 2 is 2.19 bits per heavy atom. The Balaban J connectivity index is 1.47. The summed E-state index contributed by atoms with van der Waals surface area (Å²) in [7, 11) is 0. The van der Waals surface area contributed by atoms with E-state index in [4.69, 9.17) is 9.47 Å². The fourth-order valence-corrected chi connectivity index (χ4v) is 2.80. The van der Waals surface area contributed by atoms with Crippen molar-refractivity contribution in [1.29, 1.82) is 0 Å². The standard InChI is InChI=1S/C15H15N3O3/c19-15(10-1-2-13-14(7-10)21-9-20-13)17-11-4-6-18-12(8-11)3-5-16-18/h1-3,5,7,11H,4,6,8-9H2,(H,17,19)/t11-/m0/s1. The van der Waals surface area contributed by atoms with E-state index in [1.807, 2.05) is 10.7 Å². The van der Waals surface area contributed by atoms with Crippen molar-refractivity contribution >= 4 is 5.91 Å². The molecule has 21 heavy (non-hydrogen) atoms. The highest BCUT2D eigenvalue weighted by atomic mass is 16.7. The van der Waals surface area contributed by atoms with Crippen LogP contribution in [0.5, 0.6) is 11.5 Å². The molecule has 6 nitrogen and oxygen atoms in total. The van der Waals surface area contributed by atoms with Crippen molar-refractivity contribution in [1.82, 2.24) is 15.1 Å². The molecular weight excluding hydrogens is 270 g/mol. The molecule has 2 aliphatic rings. The molecule has 2 aliphatic heterocycles. The van der Waals surface area contributed by atoms with Crippen LogP contribution in [0.1, 0.15) is 22.5 Å². The van der Waals surface area contributed by atoms with E-state index in [-0.39, 0.29) is 18.7 Å². The molecular formula is C15H15N3O3. The number of nitrogens with one attached hydrogen (secondary N) is 1. The molecule has 6 heteroatoms. The van der Waals surface area contributed by atoms with Crippen LogP contribution in [0.2, 0.25) is 0 Å². The summed E-state index contributed by atoms with van der Waals surface area (Å²) < 4.78 is 12.5. The molecule has 1 atom stereocenters. The smallest absolute Gasteiger partial charge is 0.251 e. The van der Waals surface area contributed by atoms with Crippen molar-refractivity contribution in [3.63, 3.8) is 0 Å². The first kappa shape index (κ1) is 12.3. The first-order valence-electron chi connectivity index (χ1n) is 7.01. The molecule has 4 rings (SSSR count). The first-order valence-corrected chi connectivity index (χ1v) is 7.01. The van der Waals surface area contributed by atoms with Gasteiger partial charge >= 0.3 is 0 Å². The Morgan fingerprint density at radius 1 is 1.29 bits per heavy atom. The Bertz CT molecular complexity index is 695. The lowest BCUT2D eigenvalue weighted by molar-refractivity contribution is 0.0929. The highest BCUT2D eigenvalue weighted by Gasteiger charge is 2.22. The predicted molar refractivity (Wildman–Crippen MR) is 74.4 cm³/mol. The lowest BCUT2D eigenvalue weighted by atomic mass is 10.0.